The summed E-state index contributed by atoms with van der Waals surface area (Å²) in [5, 5.41) is 1.11. The van der Waals surface area contributed by atoms with Crippen molar-refractivity contribution in [2.24, 2.45) is 5.92 Å². The van der Waals surface area contributed by atoms with Crippen molar-refractivity contribution in [2.75, 3.05) is 32.7 Å². The number of piperazine rings is 1. The van der Waals surface area contributed by atoms with Gasteiger partial charge in [0.05, 0.1) is 14.9 Å². The molecule has 33 heavy (non-hydrogen) atoms. The molecule has 186 valence electrons. The second-order valence-corrected chi connectivity index (χ2v) is 10.8. The van der Waals surface area contributed by atoms with Crippen molar-refractivity contribution >= 4 is 58.0 Å². The molecule has 11 heteroatoms. The Hall–Kier alpha value is -0.640. The lowest BCUT2D eigenvalue weighted by atomic mass is 10.0. The molecule has 0 spiro atoms. The van der Waals surface area contributed by atoms with E-state index in [1.807, 2.05) is 32.0 Å². The Balaban J connectivity index is 0.00000272. The molecule has 2 aromatic rings. The fourth-order valence-corrected chi connectivity index (χ4v) is 5.27. The van der Waals surface area contributed by atoms with Crippen LogP contribution in [0.25, 0.3) is 0 Å². The number of hydrogen-bond donors (Lipinski definition) is 1. The van der Waals surface area contributed by atoms with Crippen molar-refractivity contribution in [3.8, 4) is 0 Å². The molecule has 0 unspecified atom stereocenters. The molecule has 0 radical (unpaired) electrons. The number of benzene rings is 2. The van der Waals surface area contributed by atoms with Gasteiger partial charge in [0.15, 0.2) is 0 Å². The average molecular weight is 561 g/mol. The summed E-state index contributed by atoms with van der Waals surface area (Å²) in [5.41, 5.74) is 1.12. The third kappa shape index (κ3) is 8.82. The summed E-state index contributed by atoms with van der Waals surface area (Å²) in [6.07, 6.45) is 0. The van der Waals surface area contributed by atoms with Gasteiger partial charge in [-0.2, -0.15) is 0 Å². The fourth-order valence-electron chi connectivity index (χ4n) is 3.57. The molecule has 0 amide bonds. The molecule has 0 aliphatic carbocycles. The molecule has 1 saturated heterocycles. The van der Waals surface area contributed by atoms with Crippen molar-refractivity contribution in [3.63, 3.8) is 0 Å². The standard InChI is InChI=1S/C22H28Cl2FN3O2S.2ClH/c1-16(2)22(26-31(29,30)19-6-4-18(25)5-7-19)15-28-11-9-27(10-12-28)14-17-3-8-20(23)21(24)13-17;;/h3-8,13,16,22,26H,9-12,14-15H2,1-2H3;2*1H/t22-;;/m0../s1. The second-order valence-electron chi connectivity index (χ2n) is 8.25. The van der Waals surface area contributed by atoms with Gasteiger partial charge in [-0.3, -0.25) is 9.80 Å². The SMILES string of the molecule is CC(C)[C@H](CN1CCN(Cc2ccc(Cl)c(Cl)c2)CC1)NS(=O)(=O)c1ccc(F)cc1.Cl.Cl. The zero-order valence-electron chi connectivity index (χ0n) is 18.5. The van der Waals surface area contributed by atoms with Crippen LogP contribution in [0.5, 0.6) is 0 Å². The Morgan fingerprint density at radius 2 is 1.52 bits per heavy atom. The summed E-state index contributed by atoms with van der Waals surface area (Å²) >= 11 is 12.1. The molecule has 1 heterocycles. The highest BCUT2D eigenvalue weighted by Gasteiger charge is 2.26. The molecule has 0 bridgehead atoms. The molecule has 1 fully saturated rings. The fraction of sp³-hybridized carbons (Fsp3) is 0.455. The first-order valence-corrected chi connectivity index (χ1v) is 12.5. The Kier molecular flexibility index (Phi) is 12.4. The van der Waals surface area contributed by atoms with E-state index in [1.54, 1.807) is 0 Å². The third-order valence-corrected chi connectivity index (χ3v) is 7.79. The van der Waals surface area contributed by atoms with Gasteiger partial charge in [0.2, 0.25) is 10.0 Å². The lowest BCUT2D eigenvalue weighted by Gasteiger charge is -2.37. The molecule has 2 aromatic carbocycles. The third-order valence-electron chi connectivity index (χ3n) is 5.55. The van der Waals surface area contributed by atoms with E-state index in [9.17, 15) is 12.8 Å². The largest absolute Gasteiger partial charge is 0.299 e. The Bertz CT molecular complexity index is 986. The number of nitrogens with zero attached hydrogens (tertiary/aromatic N) is 2. The van der Waals surface area contributed by atoms with E-state index >= 15 is 0 Å². The van der Waals surface area contributed by atoms with E-state index in [0.29, 0.717) is 16.6 Å². The Labute approximate surface area is 218 Å². The highest BCUT2D eigenvalue weighted by molar-refractivity contribution is 7.89. The van der Waals surface area contributed by atoms with Crippen LogP contribution >= 0.6 is 48.0 Å². The molecular weight excluding hydrogens is 531 g/mol. The smallest absolute Gasteiger partial charge is 0.240 e. The topological polar surface area (TPSA) is 52.6 Å². The predicted octanol–water partition coefficient (Wildman–Crippen LogP) is 5.10. The van der Waals surface area contributed by atoms with Crippen LogP contribution in [-0.2, 0) is 16.6 Å². The lowest BCUT2D eigenvalue weighted by molar-refractivity contribution is 0.115. The normalized spacial score (nSPS) is 16.2. The number of halogens is 5. The van der Waals surface area contributed by atoms with Gasteiger partial charge in [-0.15, -0.1) is 24.8 Å². The van der Waals surface area contributed by atoms with Crippen LogP contribution in [0.1, 0.15) is 19.4 Å². The van der Waals surface area contributed by atoms with Crippen molar-refractivity contribution in [1.29, 1.82) is 0 Å². The molecule has 1 atom stereocenters. The molecule has 1 aliphatic rings. The minimum absolute atomic E-state index is 0. The van der Waals surface area contributed by atoms with Crippen molar-refractivity contribution in [3.05, 3.63) is 63.9 Å². The highest BCUT2D eigenvalue weighted by atomic mass is 35.5. The Morgan fingerprint density at radius 3 is 2.06 bits per heavy atom. The first kappa shape index (κ1) is 30.4. The van der Waals surface area contributed by atoms with Gasteiger partial charge in [0, 0.05) is 45.3 Å². The molecule has 0 saturated carbocycles. The van der Waals surface area contributed by atoms with Gasteiger partial charge in [-0.25, -0.2) is 17.5 Å². The van der Waals surface area contributed by atoms with E-state index in [0.717, 1.165) is 50.4 Å². The zero-order chi connectivity index (χ0) is 22.6. The second kappa shape index (κ2) is 13.4. The minimum Gasteiger partial charge on any atom is -0.299 e. The molecule has 1 aliphatic heterocycles. The van der Waals surface area contributed by atoms with Gasteiger partial charge in [-0.05, 0) is 47.9 Å². The summed E-state index contributed by atoms with van der Waals surface area (Å²) in [6.45, 7) is 8.89. The summed E-state index contributed by atoms with van der Waals surface area (Å²) in [6, 6.07) is 10.4. The summed E-state index contributed by atoms with van der Waals surface area (Å²) in [4.78, 5) is 4.71. The van der Waals surface area contributed by atoms with Gasteiger partial charge in [-0.1, -0.05) is 43.1 Å². The summed E-state index contributed by atoms with van der Waals surface area (Å²) in [5.74, 6) is -0.345. The number of rotatable bonds is 8. The van der Waals surface area contributed by atoms with Gasteiger partial charge < -0.3 is 0 Å². The number of nitrogens with one attached hydrogen (secondary N) is 1. The van der Waals surface area contributed by atoms with Crippen LogP contribution < -0.4 is 4.72 Å². The van der Waals surface area contributed by atoms with E-state index in [4.69, 9.17) is 23.2 Å². The van der Waals surface area contributed by atoms with Crippen LogP contribution in [0.4, 0.5) is 4.39 Å². The van der Waals surface area contributed by atoms with Crippen LogP contribution in [0.2, 0.25) is 10.0 Å². The summed E-state index contributed by atoms with van der Waals surface area (Å²) < 4.78 is 41.4. The first-order chi connectivity index (χ1) is 14.6. The molecular formula is C22H30Cl4FN3O2S. The van der Waals surface area contributed by atoms with E-state index < -0.39 is 15.8 Å². The number of sulfonamides is 1. The molecule has 0 aromatic heterocycles. The van der Waals surface area contributed by atoms with Crippen molar-refractivity contribution < 1.29 is 12.8 Å². The lowest BCUT2D eigenvalue weighted by Crippen LogP contribution is -2.52. The van der Waals surface area contributed by atoms with E-state index in [2.05, 4.69) is 14.5 Å². The van der Waals surface area contributed by atoms with Gasteiger partial charge in [0.1, 0.15) is 5.82 Å². The maximum atomic E-state index is 13.1. The molecule has 5 nitrogen and oxygen atoms in total. The quantitative estimate of drug-likeness (QED) is 0.488. The van der Waals surface area contributed by atoms with Gasteiger partial charge >= 0.3 is 0 Å². The molecule has 1 N–H and O–H groups in total. The van der Waals surface area contributed by atoms with Gasteiger partial charge in [0.25, 0.3) is 0 Å². The van der Waals surface area contributed by atoms with Crippen molar-refractivity contribution in [1.82, 2.24) is 14.5 Å². The maximum absolute atomic E-state index is 13.1. The van der Waals surface area contributed by atoms with Crippen LogP contribution in [0.15, 0.2) is 47.4 Å². The van der Waals surface area contributed by atoms with Crippen LogP contribution in [0, 0.1) is 11.7 Å². The minimum atomic E-state index is -3.71. The van der Waals surface area contributed by atoms with Crippen LogP contribution in [0.3, 0.4) is 0 Å². The zero-order valence-corrected chi connectivity index (χ0v) is 22.5. The highest BCUT2D eigenvalue weighted by Crippen LogP contribution is 2.23. The monoisotopic (exact) mass is 559 g/mol. The van der Waals surface area contributed by atoms with E-state index in [-0.39, 0.29) is 41.7 Å². The predicted molar refractivity (Wildman–Crippen MR) is 138 cm³/mol. The maximum Gasteiger partial charge on any atom is 0.240 e. The molecule has 3 rings (SSSR count). The average Bonchev–Trinajstić information content (AvgIpc) is 2.72. The summed E-state index contributed by atoms with van der Waals surface area (Å²) in [7, 11) is -3.71. The Morgan fingerprint density at radius 1 is 0.939 bits per heavy atom. The number of hydrogen-bond acceptors (Lipinski definition) is 4. The van der Waals surface area contributed by atoms with Crippen molar-refractivity contribution in [2.45, 2.75) is 31.3 Å². The van der Waals surface area contributed by atoms with E-state index in [1.165, 1.54) is 12.1 Å². The first-order valence-electron chi connectivity index (χ1n) is 10.3. The van der Waals surface area contributed by atoms with Crippen LogP contribution in [-0.4, -0.2) is 57.0 Å².